The van der Waals surface area contributed by atoms with Crippen LogP contribution >= 0.6 is 0 Å². The van der Waals surface area contributed by atoms with Crippen molar-refractivity contribution in [2.75, 3.05) is 0 Å². The van der Waals surface area contributed by atoms with Crippen LogP contribution in [0, 0.1) is 17.8 Å². The lowest BCUT2D eigenvalue weighted by atomic mass is 9.94. The van der Waals surface area contributed by atoms with E-state index in [0.717, 1.165) is 24.8 Å². The van der Waals surface area contributed by atoms with Crippen LogP contribution in [0.1, 0.15) is 37.8 Å². The molecule has 0 radical (unpaired) electrons. The minimum atomic E-state index is -0.0885. The molecule has 0 saturated heterocycles. The molecular weight excluding hydrogens is 250 g/mol. The summed E-state index contributed by atoms with van der Waals surface area (Å²) in [6.07, 6.45) is 7.36. The zero-order valence-corrected chi connectivity index (χ0v) is 11.8. The molecule has 0 amide bonds. The minimum Gasteiger partial charge on any atom is -0.426 e. The van der Waals surface area contributed by atoms with Crippen molar-refractivity contribution < 1.29 is 9.53 Å². The van der Waals surface area contributed by atoms with Crippen LogP contribution < -0.4 is 10.5 Å². The van der Waals surface area contributed by atoms with Gasteiger partial charge in [0.2, 0.25) is 0 Å². The Labute approximate surface area is 119 Å². The van der Waals surface area contributed by atoms with Gasteiger partial charge in [-0.15, -0.1) is 0 Å². The highest BCUT2D eigenvalue weighted by atomic mass is 16.5. The lowest BCUT2D eigenvalue weighted by Crippen LogP contribution is -2.24. The first-order chi connectivity index (χ1) is 9.67. The summed E-state index contributed by atoms with van der Waals surface area (Å²) in [6.45, 7) is 2.06. The summed E-state index contributed by atoms with van der Waals surface area (Å²) in [4.78, 5) is 12.2. The van der Waals surface area contributed by atoms with E-state index in [1.54, 1.807) is 0 Å². The first-order valence-electron chi connectivity index (χ1n) is 7.43. The van der Waals surface area contributed by atoms with Crippen LogP contribution in [-0.4, -0.2) is 5.97 Å². The molecule has 3 rings (SSSR count). The van der Waals surface area contributed by atoms with E-state index < -0.39 is 0 Å². The van der Waals surface area contributed by atoms with Crippen molar-refractivity contribution in [1.29, 1.82) is 0 Å². The molecule has 1 saturated carbocycles. The SMILES string of the molecule is CCC(N)c1ccc(OC(=O)C2CC3C=CC2C3)cc1. The molecule has 4 unspecified atom stereocenters. The van der Waals surface area contributed by atoms with Gasteiger partial charge < -0.3 is 10.5 Å². The predicted octanol–water partition coefficient (Wildman–Crippen LogP) is 3.21. The highest BCUT2D eigenvalue weighted by Gasteiger charge is 2.40. The lowest BCUT2D eigenvalue weighted by molar-refractivity contribution is -0.139. The van der Waals surface area contributed by atoms with Gasteiger partial charge in [-0.1, -0.05) is 31.2 Å². The monoisotopic (exact) mass is 271 g/mol. The number of esters is 1. The third-order valence-electron chi connectivity index (χ3n) is 4.55. The second kappa shape index (κ2) is 5.41. The van der Waals surface area contributed by atoms with Gasteiger partial charge in [0, 0.05) is 6.04 Å². The van der Waals surface area contributed by atoms with Crippen LogP contribution in [0.5, 0.6) is 5.75 Å². The molecule has 2 aliphatic carbocycles. The Morgan fingerprint density at radius 2 is 2.05 bits per heavy atom. The molecule has 3 nitrogen and oxygen atoms in total. The van der Waals surface area contributed by atoms with Gasteiger partial charge in [0.25, 0.3) is 0 Å². The molecule has 2 bridgehead atoms. The van der Waals surface area contributed by atoms with Crippen LogP contribution in [0.25, 0.3) is 0 Å². The maximum absolute atomic E-state index is 12.2. The van der Waals surface area contributed by atoms with Crippen molar-refractivity contribution >= 4 is 5.97 Å². The second-order valence-electron chi connectivity index (χ2n) is 5.89. The van der Waals surface area contributed by atoms with E-state index in [1.165, 1.54) is 0 Å². The second-order valence-corrected chi connectivity index (χ2v) is 5.89. The topological polar surface area (TPSA) is 52.3 Å². The number of benzene rings is 1. The molecule has 1 fully saturated rings. The first kappa shape index (κ1) is 13.4. The Morgan fingerprint density at radius 3 is 2.60 bits per heavy atom. The summed E-state index contributed by atoms with van der Waals surface area (Å²) in [7, 11) is 0. The third-order valence-corrected chi connectivity index (χ3v) is 4.55. The fourth-order valence-corrected chi connectivity index (χ4v) is 3.26. The van der Waals surface area contributed by atoms with Gasteiger partial charge in [0.1, 0.15) is 5.75 Å². The van der Waals surface area contributed by atoms with Crippen molar-refractivity contribution in [3.05, 3.63) is 42.0 Å². The van der Waals surface area contributed by atoms with E-state index in [1.807, 2.05) is 24.3 Å². The smallest absolute Gasteiger partial charge is 0.314 e. The van der Waals surface area contributed by atoms with Crippen molar-refractivity contribution in [2.24, 2.45) is 23.5 Å². The Balaban J connectivity index is 1.63. The highest BCUT2D eigenvalue weighted by Crippen LogP contribution is 2.43. The van der Waals surface area contributed by atoms with Crippen LogP contribution in [-0.2, 0) is 4.79 Å². The number of fused-ring (bicyclic) bond motifs is 2. The van der Waals surface area contributed by atoms with E-state index >= 15 is 0 Å². The van der Waals surface area contributed by atoms with Crippen molar-refractivity contribution in [2.45, 2.75) is 32.2 Å². The van der Waals surface area contributed by atoms with Gasteiger partial charge in [-0.25, -0.2) is 0 Å². The van der Waals surface area contributed by atoms with Crippen molar-refractivity contribution in [3.8, 4) is 5.75 Å². The Hall–Kier alpha value is -1.61. The van der Waals surface area contributed by atoms with E-state index in [2.05, 4.69) is 19.1 Å². The lowest BCUT2D eigenvalue weighted by Gasteiger charge is -2.17. The van der Waals surface area contributed by atoms with E-state index in [4.69, 9.17) is 10.5 Å². The predicted molar refractivity (Wildman–Crippen MR) is 78.1 cm³/mol. The summed E-state index contributed by atoms with van der Waals surface area (Å²) < 4.78 is 5.51. The van der Waals surface area contributed by atoms with Crippen LogP contribution in [0.4, 0.5) is 0 Å². The van der Waals surface area contributed by atoms with Gasteiger partial charge in [-0.3, -0.25) is 4.79 Å². The molecule has 1 aromatic rings. The standard InChI is InChI=1S/C17H21NO2/c1-2-16(18)12-5-7-14(8-6-12)20-17(19)15-10-11-3-4-13(15)9-11/h3-8,11,13,15-16H,2,9-10,18H2,1H3. The van der Waals surface area contributed by atoms with Gasteiger partial charge in [-0.2, -0.15) is 0 Å². The highest BCUT2D eigenvalue weighted by molar-refractivity contribution is 5.76. The summed E-state index contributed by atoms with van der Waals surface area (Å²) in [5.41, 5.74) is 7.05. The Bertz CT molecular complexity index is 520. The fraction of sp³-hybridized carbons (Fsp3) is 0.471. The molecule has 0 heterocycles. The van der Waals surface area contributed by atoms with Crippen LogP contribution in [0.2, 0.25) is 0 Å². The summed E-state index contributed by atoms with van der Waals surface area (Å²) >= 11 is 0. The molecule has 1 aromatic carbocycles. The Kier molecular flexibility index (Phi) is 3.62. The van der Waals surface area contributed by atoms with E-state index in [-0.39, 0.29) is 17.9 Å². The number of rotatable bonds is 4. The number of carbonyl (C=O) groups is 1. The number of nitrogens with two attached hydrogens (primary N) is 1. The number of allylic oxidation sites excluding steroid dienone is 2. The summed E-state index contributed by atoms with van der Waals surface area (Å²) in [5.74, 6) is 1.55. The molecule has 106 valence electrons. The molecular formula is C17H21NO2. The molecule has 0 aromatic heterocycles. The molecule has 20 heavy (non-hydrogen) atoms. The average molecular weight is 271 g/mol. The van der Waals surface area contributed by atoms with Crippen molar-refractivity contribution in [3.63, 3.8) is 0 Å². The van der Waals surface area contributed by atoms with Crippen LogP contribution in [0.15, 0.2) is 36.4 Å². The molecule has 2 aliphatic rings. The van der Waals surface area contributed by atoms with E-state index in [9.17, 15) is 4.79 Å². The quantitative estimate of drug-likeness (QED) is 0.519. The zero-order valence-electron chi connectivity index (χ0n) is 11.8. The van der Waals surface area contributed by atoms with Gasteiger partial charge in [-0.05, 0) is 48.8 Å². The third kappa shape index (κ3) is 2.50. The Morgan fingerprint density at radius 1 is 1.30 bits per heavy atom. The largest absolute Gasteiger partial charge is 0.426 e. The maximum Gasteiger partial charge on any atom is 0.314 e. The first-order valence-corrected chi connectivity index (χ1v) is 7.43. The number of hydrogen-bond donors (Lipinski definition) is 1. The molecule has 2 N–H and O–H groups in total. The van der Waals surface area contributed by atoms with Gasteiger partial charge in [0.05, 0.1) is 5.92 Å². The molecule has 0 aliphatic heterocycles. The summed E-state index contributed by atoms with van der Waals surface area (Å²) in [6, 6.07) is 7.61. The molecule has 3 heteroatoms. The minimum absolute atomic E-state index is 0.0441. The number of hydrogen-bond acceptors (Lipinski definition) is 3. The zero-order chi connectivity index (χ0) is 14.1. The van der Waals surface area contributed by atoms with Crippen molar-refractivity contribution in [1.82, 2.24) is 0 Å². The van der Waals surface area contributed by atoms with E-state index in [0.29, 0.717) is 17.6 Å². The normalized spacial score (nSPS) is 28.6. The number of ether oxygens (including phenoxy) is 1. The average Bonchev–Trinajstić information content (AvgIpc) is 3.10. The van der Waals surface area contributed by atoms with Crippen LogP contribution in [0.3, 0.4) is 0 Å². The molecule has 4 atom stereocenters. The number of carbonyl (C=O) groups excluding carboxylic acids is 1. The molecule has 0 spiro atoms. The fourth-order valence-electron chi connectivity index (χ4n) is 3.26. The van der Waals surface area contributed by atoms with Gasteiger partial charge in [0.15, 0.2) is 0 Å². The maximum atomic E-state index is 12.2. The summed E-state index contributed by atoms with van der Waals surface area (Å²) in [5, 5.41) is 0. The van der Waals surface area contributed by atoms with Gasteiger partial charge >= 0.3 is 5.97 Å².